The second-order valence-electron chi connectivity index (χ2n) is 12.2. The highest BCUT2D eigenvalue weighted by atomic mass is 32.2. The van der Waals surface area contributed by atoms with Crippen LogP contribution in [0.4, 0.5) is 0 Å². The van der Waals surface area contributed by atoms with Crippen molar-refractivity contribution in [2.45, 2.75) is 175 Å². The number of phosphoric acid groups is 1. The lowest BCUT2D eigenvalue weighted by atomic mass is 10.1. The molecule has 0 unspecified atom stereocenters. The van der Waals surface area contributed by atoms with Crippen molar-refractivity contribution >= 4 is 43.1 Å². The second-order valence-corrected chi connectivity index (χ2v) is 17.6. The van der Waals surface area contributed by atoms with E-state index in [0.29, 0.717) is 19.8 Å². The van der Waals surface area contributed by atoms with E-state index in [4.69, 9.17) is 13.6 Å². The molecule has 0 saturated heterocycles. The Morgan fingerprint density at radius 2 is 0.568 bits per heavy atom. The summed E-state index contributed by atoms with van der Waals surface area (Å²) in [5, 5.41) is 0. The van der Waals surface area contributed by atoms with Crippen molar-refractivity contribution in [2.75, 3.05) is 54.3 Å². The number of phosphoric ester groups is 1. The molecule has 0 spiro atoms. The van der Waals surface area contributed by atoms with Crippen LogP contribution in [0, 0.1) is 0 Å². The quantitative estimate of drug-likeness (QED) is 0.0468. The van der Waals surface area contributed by atoms with Crippen LogP contribution in [0.25, 0.3) is 0 Å². The predicted molar refractivity (Wildman–Crippen MR) is 205 cm³/mol. The van der Waals surface area contributed by atoms with Crippen LogP contribution in [0.2, 0.25) is 0 Å². The van der Waals surface area contributed by atoms with Gasteiger partial charge in [0.1, 0.15) is 0 Å². The molecule has 0 atom stereocenters. The Morgan fingerprint density at radius 3 is 0.841 bits per heavy atom. The summed E-state index contributed by atoms with van der Waals surface area (Å²) in [7, 11) is -3.48. The third kappa shape index (κ3) is 36.0. The molecule has 0 aromatic rings. The smallest absolute Gasteiger partial charge is 0.287 e. The summed E-state index contributed by atoms with van der Waals surface area (Å²) < 4.78 is 30.8. The Labute approximate surface area is 289 Å². The van der Waals surface area contributed by atoms with Gasteiger partial charge in [0.25, 0.3) is 0 Å². The third-order valence-corrected chi connectivity index (χ3v) is 12.7. The molecule has 0 N–H and O–H groups in total. The average molecular weight is 699 g/mol. The van der Waals surface area contributed by atoms with Crippen LogP contribution < -0.4 is 0 Å². The molecule has 0 rings (SSSR count). The van der Waals surface area contributed by atoms with Gasteiger partial charge in [0.05, 0.1) is 19.8 Å². The number of rotatable bonds is 39. The standard InChI is InChI=1S/C36H75O4PS3/c1-4-7-10-13-16-22-31-42-34-25-19-28-38-41(37,39-29-20-26-35-43-32-23-17-14-11-8-5-2)40-30-21-27-36-44-33-24-18-15-12-9-6-3/h4-36H2,1-3H3. The molecular weight excluding hydrogens is 624 g/mol. The first-order valence-electron chi connectivity index (χ1n) is 18.9. The van der Waals surface area contributed by atoms with Crippen LogP contribution >= 0.6 is 43.1 Å². The maximum absolute atomic E-state index is 13.4. The first kappa shape index (κ1) is 45.2. The summed E-state index contributed by atoms with van der Waals surface area (Å²) in [5.41, 5.74) is 0. The van der Waals surface area contributed by atoms with Crippen molar-refractivity contribution in [3.8, 4) is 0 Å². The summed E-state index contributed by atoms with van der Waals surface area (Å²) in [6, 6.07) is 0. The van der Waals surface area contributed by atoms with Gasteiger partial charge in [-0.05, 0) is 92.3 Å². The van der Waals surface area contributed by atoms with Gasteiger partial charge in [-0.1, -0.05) is 117 Å². The van der Waals surface area contributed by atoms with Gasteiger partial charge in [-0.25, -0.2) is 4.57 Å². The highest BCUT2D eigenvalue weighted by molar-refractivity contribution is 7.99. The van der Waals surface area contributed by atoms with Gasteiger partial charge >= 0.3 is 7.82 Å². The minimum absolute atomic E-state index is 0.455. The molecule has 0 radical (unpaired) electrons. The first-order valence-corrected chi connectivity index (χ1v) is 23.9. The van der Waals surface area contributed by atoms with Crippen molar-refractivity contribution in [3.05, 3.63) is 0 Å². The van der Waals surface area contributed by atoms with Gasteiger partial charge in [-0.15, -0.1) is 0 Å². The van der Waals surface area contributed by atoms with E-state index in [1.54, 1.807) is 0 Å². The van der Waals surface area contributed by atoms with Gasteiger partial charge in [-0.3, -0.25) is 13.6 Å². The molecule has 0 bridgehead atoms. The molecule has 0 aromatic carbocycles. The molecule has 0 aromatic heterocycles. The summed E-state index contributed by atoms with van der Waals surface area (Å²) in [4.78, 5) is 0. The maximum atomic E-state index is 13.4. The molecule has 0 fully saturated rings. The summed E-state index contributed by atoms with van der Waals surface area (Å²) in [5.74, 6) is 7.22. The van der Waals surface area contributed by atoms with Crippen LogP contribution in [0.15, 0.2) is 0 Å². The third-order valence-electron chi connectivity index (χ3n) is 7.72. The number of thioether (sulfide) groups is 3. The highest BCUT2D eigenvalue weighted by Gasteiger charge is 2.26. The SMILES string of the molecule is CCCCCCCCSCCCCOP(=O)(OCCCCSCCCCCCCC)OCCCCSCCCCCCCC. The molecule has 266 valence electrons. The predicted octanol–water partition coefficient (Wildman–Crippen LogP) is 13.8. The summed E-state index contributed by atoms with van der Waals surface area (Å²) in [6.45, 7) is 8.18. The van der Waals surface area contributed by atoms with Gasteiger partial charge in [0.15, 0.2) is 0 Å². The van der Waals surface area contributed by atoms with E-state index in [-0.39, 0.29) is 0 Å². The van der Waals surface area contributed by atoms with Crippen LogP contribution in [0.3, 0.4) is 0 Å². The van der Waals surface area contributed by atoms with Gasteiger partial charge in [0.2, 0.25) is 0 Å². The van der Waals surface area contributed by atoms with Crippen molar-refractivity contribution in [1.82, 2.24) is 0 Å². The number of hydrogen-bond donors (Lipinski definition) is 0. The van der Waals surface area contributed by atoms with Crippen LogP contribution in [0.1, 0.15) is 175 Å². The van der Waals surface area contributed by atoms with E-state index in [2.05, 4.69) is 20.8 Å². The van der Waals surface area contributed by atoms with E-state index in [0.717, 1.165) is 55.8 Å². The molecular formula is C36H75O4PS3. The van der Waals surface area contributed by atoms with Crippen molar-refractivity contribution in [1.29, 1.82) is 0 Å². The Bertz CT molecular complexity index is 510. The molecule has 0 aliphatic carbocycles. The monoisotopic (exact) mass is 698 g/mol. The Hall–Kier alpha value is 1.16. The minimum atomic E-state index is -3.48. The summed E-state index contributed by atoms with van der Waals surface area (Å²) >= 11 is 6.13. The van der Waals surface area contributed by atoms with Gasteiger partial charge < -0.3 is 0 Å². The molecule has 0 aliphatic heterocycles. The molecule has 0 aliphatic rings. The lowest BCUT2D eigenvalue weighted by molar-refractivity contribution is 0.110. The normalized spacial score (nSPS) is 12.0. The van der Waals surface area contributed by atoms with E-state index < -0.39 is 7.82 Å². The second kappa shape index (κ2) is 38.6. The largest absolute Gasteiger partial charge is 0.474 e. The lowest BCUT2D eigenvalue weighted by Crippen LogP contribution is -2.05. The maximum Gasteiger partial charge on any atom is 0.474 e. The van der Waals surface area contributed by atoms with Crippen molar-refractivity contribution < 1.29 is 18.1 Å². The zero-order valence-corrected chi connectivity index (χ0v) is 33.0. The van der Waals surface area contributed by atoms with Crippen LogP contribution in [-0.4, -0.2) is 54.3 Å². The Balaban J connectivity index is 4.07. The van der Waals surface area contributed by atoms with Gasteiger partial charge in [-0.2, -0.15) is 35.3 Å². The van der Waals surface area contributed by atoms with Crippen LogP contribution in [-0.2, 0) is 18.1 Å². The number of hydrogen-bond acceptors (Lipinski definition) is 7. The fraction of sp³-hybridized carbons (Fsp3) is 1.00. The highest BCUT2D eigenvalue weighted by Crippen LogP contribution is 2.50. The zero-order chi connectivity index (χ0) is 32.1. The zero-order valence-electron chi connectivity index (χ0n) is 29.6. The van der Waals surface area contributed by atoms with Gasteiger partial charge in [0, 0.05) is 0 Å². The van der Waals surface area contributed by atoms with E-state index >= 15 is 0 Å². The van der Waals surface area contributed by atoms with Crippen molar-refractivity contribution in [3.63, 3.8) is 0 Å². The number of unbranched alkanes of at least 4 members (excludes halogenated alkanes) is 18. The van der Waals surface area contributed by atoms with E-state index in [1.807, 2.05) is 35.3 Å². The first-order chi connectivity index (χ1) is 21.7. The van der Waals surface area contributed by atoms with E-state index in [1.165, 1.54) is 133 Å². The van der Waals surface area contributed by atoms with E-state index in [9.17, 15) is 4.57 Å². The topological polar surface area (TPSA) is 44.8 Å². The summed E-state index contributed by atoms with van der Waals surface area (Å²) in [6.07, 6.45) is 30.5. The molecule has 0 amide bonds. The Kier molecular flexibility index (Phi) is 39.6. The fourth-order valence-corrected chi connectivity index (χ4v) is 9.16. The molecule has 44 heavy (non-hydrogen) atoms. The minimum Gasteiger partial charge on any atom is -0.287 e. The molecule has 4 nitrogen and oxygen atoms in total. The fourth-order valence-electron chi connectivity index (χ4n) is 4.82. The lowest BCUT2D eigenvalue weighted by Gasteiger charge is -2.18. The Morgan fingerprint density at radius 1 is 0.341 bits per heavy atom. The average Bonchev–Trinajstić information content (AvgIpc) is 3.02. The van der Waals surface area contributed by atoms with Crippen LogP contribution in [0.5, 0.6) is 0 Å². The molecule has 0 heterocycles. The van der Waals surface area contributed by atoms with Crippen molar-refractivity contribution in [2.24, 2.45) is 0 Å². The molecule has 0 saturated carbocycles. The molecule has 8 heteroatoms.